The first-order valence-corrected chi connectivity index (χ1v) is 11.1. The van der Waals surface area contributed by atoms with Crippen LogP contribution in [0.25, 0.3) is 11.1 Å². The van der Waals surface area contributed by atoms with Crippen LogP contribution in [0.3, 0.4) is 0 Å². The molecule has 4 N–H and O–H groups in total. The van der Waals surface area contributed by atoms with Crippen LogP contribution in [0.15, 0.2) is 60.9 Å². The van der Waals surface area contributed by atoms with Gasteiger partial charge in [0.05, 0.1) is 12.5 Å². The first-order chi connectivity index (χ1) is 16.5. The molecule has 176 valence electrons. The Hall–Kier alpha value is -4.14. The fourth-order valence-electron chi connectivity index (χ4n) is 4.27. The summed E-state index contributed by atoms with van der Waals surface area (Å²) in [6, 6.07) is 14.1. The number of imidazole rings is 1. The third kappa shape index (κ3) is 4.93. The molecule has 0 saturated heterocycles. The van der Waals surface area contributed by atoms with E-state index in [1.807, 2.05) is 55.5 Å². The number of aliphatic carboxylic acids is 1. The SMILES string of the molecule is CCC(NC(=O)C(CC(=O)O)NC(=O)OCC1c2ccccc2-c2ccccc21)c1ncc[nH]1. The third-order valence-electron chi connectivity index (χ3n) is 5.91. The highest BCUT2D eigenvalue weighted by Gasteiger charge is 2.31. The molecule has 2 aromatic carbocycles. The van der Waals surface area contributed by atoms with Crippen LogP contribution in [-0.2, 0) is 14.3 Å². The van der Waals surface area contributed by atoms with Gasteiger partial charge in [-0.05, 0) is 28.7 Å². The minimum absolute atomic E-state index is 0.0608. The number of H-pyrrole nitrogens is 1. The largest absolute Gasteiger partial charge is 0.481 e. The zero-order chi connectivity index (χ0) is 24.1. The Kier molecular flexibility index (Phi) is 6.91. The van der Waals surface area contributed by atoms with E-state index in [1.54, 1.807) is 12.4 Å². The summed E-state index contributed by atoms with van der Waals surface area (Å²) in [5.41, 5.74) is 4.30. The van der Waals surface area contributed by atoms with E-state index in [4.69, 9.17) is 4.74 Å². The second-order valence-corrected chi connectivity index (χ2v) is 8.06. The van der Waals surface area contributed by atoms with Crippen LogP contribution < -0.4 is 10.6 Å². The summed E-state index contributed by atoms with van der Waals surface area (Å²) in [6.45, 7) is 1.92. The molecule has 3 aromatic rings. The molecule has 1 aliphatic rings. The fourth-order valence-corrected chi connectivity index (χ4v) is 4.27. The Morgan fingerprint density at radius 3 is 2.26 bits per heavy atom. The maximum Gasteiger partial charge on any atom is 0.407 e. The third-order valence-corrected chi connectivity index (χ3v) is 5.91. The summed E-state index contributed by atoms with van der Waals surface area (Å²) in [5, 5.41) is 14.4. The highest BCUT2D eigenvalue weighted by Crippen LogP contribution is 2.44. The summed E-state index contributed by atoms with van der Waals surface area (Å²) in [6.07, 6.45) is 2.30. The zero-order valence-corrected chi connectivity index (χ0v) is 18.7. The number of carboxylic acids is 1. The van der Waals surface area contributed by atoms with E-state index in [0.717, 1.165) is 22.3 Å². The molecular formula is C25H26N4O5. The maximum atomic E-state index is 12.8. The van der Waals surface area contributed by atoms with Crippen LogP contribution in [0.1, 0.15) is 48.7 Å². The Balaban J connectivity index is 1.42. The number of fused-ring (bicyclic) bond motifs is 3. The zero-order valence-electron chi connectivity index (χ0n) is 18.7. The van der Waals surface area contributed by atoms with Crippen LogP contribution in [0, 0.1) is 0 Å². The summed E-state index contributed by atoms with van der Waals surface area (Å²) >= 11 is 0. The number of ether oxygens (including phenoxy) is 1. The Morgan fingerprint density at radius 2 is 1.71 bits per heavy atom. The van der Waals surface area contributed by atoms with Crippen LogP contribution >= 0.6 is 0 Å². The van der Waals surface area contributed by atoms with Crippen molar-refractivity contribution in [1.82, 2.24) is 20.6 Å². The number of aromatic amines is 1. The van der Waals surface area contributed by atoms with E-state index < -0.39 is 36.5 Å². The normalized spacial score (nSPS) is 13.9. The number of nitrogens with one attached hydrogen (secondary N) is 3. The number of carboxylic acid groups (broad SMARTS) is 1. The average molecular weight is 463 g/mol. The lowest BCUT2D eigenvalue weighted by Crippen LogP contribution is -2.49. The molecule has 1 aliphatic carbocycles. The predicted octanol–water partition coefficient (Wildman–Crippen LogP) is 3.36. The fraction of sp³-hybridized carbons (Fsp3) is 0.280. The molecule has 1 aromatic heterocycles. The maximum absolute atomic E-state index is 12.8. The average Bonchev–Trinajstić information content (AvgIpc) is 3.47. The summed E-state index contributed by atoms with van der Waals surface area (Å²) < 4.78 is 5.46. The first-order valence-electron chi connectivity index (χ1n) is 11.1. The van der Waals surface area contributed by atoms with Gasteiger partial charge in [-0.1, -0.05) is 55.5 Å². The lowest BCUT2D eigenvalue weighted by Gasteiger charge is -2.21. The molecule has 0 spiro atoms. The first kappa shape index (κ1) is 23.0. The molecule has 0 bridgehead atoms. The second-order valence-electron chi connectivity index (χ2n) is 8.06. The molecule has 4 rings (SSSR count). The van der Waals surface area contributed by atoms with Crippen molar-refractivity contribution in [3.8, 4) is 11.1 Å². The molecular weight excluding hydrogens is 436 g/mol. The molecule has 0 saturated carbocycles. The van der Waals surface area contributed by atoms with Gasteiger partial charge in [0.1, 0.15) is 18.5 Å². The van der Waals surface area contributed by atoms with E-state index in [1.165, 1.54) is 0 Å². The quantitative estimate of drug-likeness (QED) is 0.385. The van der Waals surface area contributed by atoms with Crippen LogP contribution in [-0.4, -0.2) is 45.7 Å². The summed E-state index contributed by atoms with van der Waals surface area (Å²) in [7, 11) is 0. The van der Waals surface area contributed by atoms with Crippen LogP contribution in [0.4, 0.5) is 4.79 Å². The van der Waals surface area contributed by atoms with Gasteiger partial charge in [-0.25, -0.2) is 9.78 Å². The number of amides is 2. The molecule has 9 nitrogen and oxygen atoms in total. The minimum atomic E-state index is -1.29. The predicted molar refractivity (Wildman–Crippen MR) is 124 cm³/mol. The van der Waals surface area contributed by atoms with Crippen LogP contribution in [0.5, 0.6) is 0 Å². The van der Waals surface area contributed by atoms with Gasteiger partial charge in [0, 0.05) is 18.3 Å². The van der Waals surface area contributed by atoms with Crippen molar-refractivity contribution in [2.75, 3.05) is 6.61 Å². The number of carbonyl (C=O) groups is 3. The number of aromatic nitrogens is 2. The second kappa shape index (κ2) is 10.2. The summed E-state index contributed by atoms with van der Waals surface area (Å²) in [5.74, 6) is -1.44. The minimum Gasteiger partial charge on any atom is -0.481 e. The van der Waals surface area contributed by atoms with E-state index in [2.05, 4.69) is 20.6 Å². The Bertz CT molecular complexity index is 1130. The van der Waals surface area contributed by atoms with Gasteiger partial charge in [-0.3, -0.25) is 9.59 Å². The van der Waals surface area contributed by atoms with Crippen molar-refractivity contribution in [2.24, 2.45) is 0 Å². The topological polar surface area (TPSA) is 133 Å². The van der Waals surface area contributed by atoms with Crippen molar-refractivity contribution in [3.63, 3.8) is 0 Å². The highest BCUT2D eigenvalue weighted by molar-refractivity contribution is 5.89. The van der Waals surface area contributed by atoms with E-state index in [0.29, 0.717) is 12.2 Å². The number of rotatable bonds is 9. The van der Waals surface area contributed by atoms with Crippen molar-refractivity contribution in [2.45, 2.75) is 37.8 Å². The lowest BCUT2D eigenvalue weighted by molar-refractivity contribution is -0.140. The van der Waals surface area contributed by atoms with Crippen molar-refractivity contribution in [3.05, 3.63) is 77.9 Å². The van der Waals surface area contributed by atoms with Crippen molar-refractivity contribution < 1.29 is 24.2 Å². The van der Waals surface area contributed by atoms with Gasteiger partial charge in [-0.2, -0.15) is 0 Å². The number of benzene rings is 2. The number of alkyl carbamates (subject to hydrolysis) is 1. The molecule has 1 heterocycles. The molecule has 2 atom stereocenters. The summed E-state index contributed by atoms with van der Waals surface area (Å²) in [4.78, 5) is 43.8. The molecule has 2 unspecified atom stereocenters. The van der Waals surface area contributed by atoms with E-state index >= 15 is 0 Å². The number of carbonyl (C=O) groups excluding carboxylic acids is 2. The van der Waals surface area contributed by atoms with E-state index in [-0.39, 0.29) is 12.5 Å². The molecule has 34 heavy (non-hydrogen) atoms. The van der Waals surface area contributed by atoms with Crippen molar-refractivity contribution in [1.29, 1.82) is 0 Å². The number of hydrogen-bond donors (Lipinski definition) is 4. The Morgan fingerprint density at radius 1 is 1.06 bits per heavy atom. The van der Waals surface area contributed by atoms with Gasteiger partial charge < -0.3 is 25.5 Å². The van der Waals surface area contributed by atoms with Gasteiger partial charge >= 0.3 is 12.1 Å². The molecule has 0 fully saturated rings. The van der Waals surface area contributed by atoms with Gasteiger partial charge in [-0.15, -0.1) is 0 Å². The number of nitrogens with zero attached hydrogens (tertiary/aromatic N) is 1. The lowest BCUT2D eigenvalue weighted by atomic mass is 9.98. The Labute approximate surface area is 196 Å². The molecule has 0 radical (unpaired) electrons. The van der Waals surface area contributed by atoms with Crippen molar-refractivity contribution >= 4 is 18.0 Å². The molecule has 2 amide bonds. The van der Waals surface area contributed by atoms with E-state index in [9.17, 15) is 19.5 Å². The molecule has 0 aliphatic heterocycles. The number of hydrogen-bond acceptors (Lipinski definition) is 5. The smallest absolute Gasteiger partial charge is 0.407 e. The van der Waals surface area contributed by atoms with Crippen LogP contribution in [0.2, 0.25) is 0 Å². The van der Waals surface area contributed by atoms with Gasteiger partial charge in [0.25, 0.3) is 0 Å². The standard InChI is InChI=1S/C25H26N4O5/c1-2-20(23-26-11-12-27-23)28-24(32)21(13-22(30)31)29-25(33)34-14-19-17-9-5-3-7-15(17)16-8-4-6-10-18(16)19/h3-12,19-21H,2,13-14H2,1H3,(H,26,27)(H,28,32)(H,29,33)(H,30,31). The van der Waals surface area contributed by atoms with Gasteiger partial charge in [0.2, 0.25) is 5.91 Å². The monoisotopic (exact) mass is 462 g/mol. The van der Waals surface area contributed by atoms with Gasteiger partial charge in [0.15, 0.2) is 0 Å². The molecule has 9 heteroatoms. The highest BCUT2D eigenvalue weighted by atomic mass is 16.5.